The maximum atomic E-state index is 13.2. The number of rotatable bonds is 3. The lowest BCUT2D eigenvalue weighted by atomic mass is 9.96. The van der Waals surface area contributed by atoms with Crippen LogP contribution in [0.2, 0.25) is 5.02 Å². The van der Waals surface area contributed by atoms with Gasteiger partial charge in [0.05, 0.1) is 12.1 Å². The zero-order valence-corrected chi connectivity index (χ0v) is 10.3. The monoisotopic (exact) mass is 265 g/mol. The fourth-order valence-electron chi connectivity index (χ4n) is 1.81. The van der Waals surface area contributed by atoms with E-state index in [9.17, 15) is 9.50 Å². The van der Waals surface area contributed by atoms with E-state index in [1.807, 2.05) is 30.3 Å². The average Bonchev–Trinajstić information content (AvgIpc) is 2.37. The first-order valence-corrected chi connectivity index (χ1v) is 5.90. The van der Waals surface area contributed by atoms with Crippen molar-refractivity contribution in [2.45, 2.75) is 12.1 Å². The number of nitrogens with two attached hydrogens (primary N) is 1. The number of benzene rings is 2. The van der Waals surface area contributed by atoms with Crippen LogP contribution in [-0.2, 0) is 0 Å². The first kappa shape index (κ1) is 13.0. The van der Waals surface area contributed by atoms with Gasteiger partial charge in [0.1, 0.15) is 5.82 Å². The molecule has 0 radical (unpaired) electrons. The standard InChI is InChI=1S/C14H13ClFNO/c15-11-6-10(7-12(16)8-11)14(18)13(17)9-4-2-1-3-5-9/h1-8,13-14,18H,17H2. The minimum atomic E-state index is -0.999. The van der Waals surface area contributed by atoms with Gasteiger partial charge in [-0.05, 0) is 29.3 Å². The lowest BCUT2D eigenvalue weighted by Crippen LogP contribution is -2.19. The highest BCUT2D eigenvalue weighted by Gasteiger charge is 2.19. The van der Waals surface area contributed by atoms with Gasteiger partial charge >= 0.3 is 0 Å². The fraction of sp³-hybridized carbons (Fsp3) is 0.143. The van der Waals surface area contributed by atoms with Gasteiger partial charge in [-0.15, -0.1) is 0 Å². The summed E-state index contributed by atoms with van der Waals surface area (Å²) in [5.41, 5.74) is 7.11. The van der Waals surface area contributed by atoms with Gasteiger partial charge in [-0.25, -0.2) is 4.39 Å². The Hall–Kier alpha value is -1.42. The fourth-order valence-corrected chi connectivity index (χ4v) is 2.04. The molecule has 3 N–H and O–H groups in total. The number of aliphatic hydroxyl groups is 1. The van der Waals surface area contributed by atoms with Gasteiger partial charge < -0.3 is 10.8 Å². The molecule has 0 saturated carbocycles. The largest absolute Gasteiger partial charge is 0.386 e. The van der Waals surface area contributed by atoms with Crippen molar-refractivity contribution < 1.29 is 9.50 Å². The quantitative estimate of drug-likeness (QED) is 0.895. The first-order chi connectivity index (χ1) is 8.58. The summed E-state index contributed by atoms with van der Waals surface area (Å²) in [5, 5.41) is 10.4. The van der Waals surface area contributed by atoms with Crippen LogP contribution >= 0.6 is 11.6 Å². The lowest BCUT2D eigenvalue weighted by molar-refractivity contribution is 0.146. The zero-order chi connectivity index (χ0) is 13.1. The Morgan fingerprint density at radius 2 is 1.72 bits per heavy atom. The number of hydrogen-bond donors (Lipinski definition) is 2. The second-order valence-electron chi connectivity index (χ2n) is 4.08. The molecule has 2 aromatic rings. The number of aliphatic hydroxyl groups excluding tert-OH is 1. The Balaban J connectivity index is 2.28. The van der Waals surface area contributed by atoms with Gasteiger partial charge in [0.15, 0.2) is 0 Å². The summed E-state index contributed by atoms with van der Waals surface area (Å²) in [4.78, 5) is 0. The molecule has 0 aliphatic heterocycles. The molecule has 0 saturated heterocycles. The van der Waals surface area contributed by atoms with Crippen molar-refractivity contribution in [3.05, 3.63) is 70.5 Å². The Bertz CT molecular complexity index is 512. The Labute approximate surface area is 110 Å². The van der Waals surface area contributed by atoms with E-state index in [2.05, 4.69) is 0 Å². The van der Waals surface area contributed by atoms with Crippen LogP contribution in [0.5, 0.6) is 0 Å². The van der Waals surface area contributed by atoms with E-state index in [0.29, 0.717) is 5.56 Å². The van der Waals surface area contributed by atoms with Crippen LogP contribution in [0, 0.1) is 5.82 Å². The maximum absolute atomic E-state index is 13.2. The van der Waals surface area contributed by atoms with Gasteiger partial charge in [0.2, 0.25) is 0 Å². The van der Waals surface area contributed by atoms with Crippen LogP contribution in [0.4, 0.5) is 4.39 Å². The van der Waals surface area contributed by atoms with Crippen molar-refractivity contribution in [3.63, 3.8) is 0 Å². The Kier molecular flexibility index (Phi) is 3.97. The molecule has 4 heteroatoms. The molecular formula is C14H13ClFNO. The second kappa shape index (κ2) is 5.48. The van der Waals surface area contributed by atoms with Gasteiger partial charge in [-0.2, -0.15) is 0 Å². The molecule has 18 heavy (non-hydrogen) atoms. The van der Waals surface area contributed by atoms with Gasteiger partial charge in [-0.3, -0.25) is 0 Å². The summed E-state index contributed by atoms with van der Waals surface area (Å²) in [6.45, 7) is 0. The number of hydrogen-bond acceptors (Lipinski definition) is 2. The van der Waals surface area contributed by atoms with E-state index in [1.165, 1.54) is 18.2 Å². The Morgan fingerprint density at radius 3 is 2.33 bits per heavy atom. The molecule has 0 bridgehead atoms. The van der Waals surface area contributed by atoms with Gasteiger partial charge in [0, 0.05) is 5.02 Å². The highest BCUT2D eigenvalue weighted by atomic mass is 35.5. The first-order valence-electron chi connectivity index (χ1n) is 5.52. The molecule has 0 heterocycles. The summed E-state index contributed by atoms with van der Waals surface area (Å²) in [6.07, 6.45) is -0.999. The minimum absolute atomic E-state index is 0.240. The third-order valence-corrected chi connectivity index (χ3v) is 2.97. The average molecular weight is 266 g/mol. The second-order valence-corrected chi connectivity index (χ2v) is 4.52. The molecule has 0 fully saturated rings. The van der Waals surface area contributed by atoms with Crippen LogP contribution in [0.1, 0.15) is 23.3 Å². The Morgan fingerprint density at radius 1 is 1.06 bits per heavy atom. The van der Waals surface area contributed by atoms with Gasteiger partial charge in [0.25, 0.3) is 0 Å². The molecule has 2 nitrogen and oxygen atoms in total. The van der Waals surface area contributed by atoms with Crippen molar-refractivity contribution >= 4 is 11.6 Å². The normalized spacial score (nSPS) is 14.2. The predicted octanol–water partition coefficient (Wildman–Crippen LogP) is 3.21. The zero-order valence-electron chi connectivity index (χ0n) is 9.55. The van der Waals surface area contributed by atoms with E-state index in [1.54, 1.807) is 0 Å². The van der Waals surface area contributed by atoms with E-state index >= 15 is 0 Å². The maximum Gasteiger partial charge on any atom is 0.125 e. The SMILES string of the molecule is NC(c1ccccc1)C(O)c1cc(F)cc(Cl)c1. The molecule has 0 aromatic heterocycles. The van der Waals surface area contributed by atoms with E-state index in [-0.39, 0.29) is 5.02 Å². The molecule has 2 atom stereocenters. The molecule has 0 amide bonds. The lowest BCUT2D eigenvalue weighted by Gasteiger charge is -2.19. The highest BCUT2D eigenvalue weighted by molar-refractivity contribution is 6.30. The molecule has 2 rings (SSSR count). The molecule has 2 aromatic carbocycles. The van der Waals surface area contributed by atoms with Crippen molar-refractivity contribution in [1.29, 1.82) is 0 Å². The van der Waals surface area contributed by atoms with Crippen LogP contribution < -0.4 is 5.73 Å². The molecule has 0 aliphatic carbocycles. The summed E-state index contributed by atoms with van der Waals surface area (Å²) >= 11 is 5.75. The molecule has 0 aliphatic rings. The highest BCUT2D eigenvalue weighted by Crippen LogP contribution is 2.28. The van der Waals surface area contributed by atoms with Crippen LogP contribution in [-0.4, -0.2) is 5.11 Å². The van der Waals surface area contributed by atoms with Gasteiger partial charge in [-0.1, -0.05) is 41.9 Å². The summed E-state index contributed by atoms with van der Waals surface area (Å²) in [5.74, 6) is -0.489. The smallest absolute Gasteiger partial charge is 0.125 e. The van der Waals surface area contributed by atoms with Crippen LogP contribution in [0.25, 0.3) is 0 Å². The third-order valence-electron chi connectivity index (χ3n) is 2.75. The molecular weight excluding hydrogens is 253 g/mol. The summed E-state index contributed by atoms with van der Waals surface area (Å²) < 4.78 is 13.2. The van der Waals surface area contributed by atoms with Crippen LogP contribution in [0.3, 0.4) is 0 Å². The van der Waals surface area contributed by atoms with Crippen molar-refractivity contribution in [2.75, 3.05) is 0 Å². The molecule has 0 spiro atoms. The number of halogens is 2. The van der Waals surface area contributed by atoms with Crippen LogP contribution in [0.15, 0.2) is 48.5 Å². The van der Waals surface area contributed by atoms with E-state index in [0.717, 1.165) is 5.56 Å². The van der Waals surface area contributed by atoms with Crippen molar-refractivity contribution in [2.24, 2.45) is 5.73 Å². The van der Waals surface area contributed by atoms with E-state index < -0.39 is 18.0 Å². The summed E-state index contributed by atoms with van der Waals surface area (Å²) in [7, 11) is 0. The third kappa shape index (κ3) is 2.88. The predicted molar refractivity (Wildman–Crippen MR) is 69.7 cm³/mol. The van der Waals surface area contributed by atoms with E-state index in [4.69, 9.17) is 17.3 Å². The topological polar surface area (TPSA) is 46.2 Å². The molecule has 2 unspecified atom stereocenters. The minimum Gasteiger partial charge on any atom is -0.386 e. The molecule has 94 valence electrons. The summed E-state index contributed by atoms with van der Waals surface area (Å²) in [6, 6.07) is 12.5. The van der Waals surface area contributed by atoms with Crippen molar-refractivity contribution in [3.8, 4) is 0 Å². The van der Waals surface area contributed by atoms with Crippen molar-refractivity contribution in [1.82, 2.24) is 0 Å².